The van der Waals surface area contributed by atoms with Crippen LogP contribution in [-0.2, 0) is 4.74 Å². The van der Waals surface area contributed by atoms with Crippen LogP contribution in [0.4, 0.5) is 0 Å². The molecule has 0 aromatic heterocycles. The standard InChI is InChI=1S/C11H21NO/c1-9-8-13-11(7-12-9)10-5-3-2-4-6-10/h9-12H,2-8H2,1H3. The SMILES string of the molecule is CC1COC(C2CCCCC2)CN1. The number of ether oxygens (including phenoxy) is 1. The predicted octanol–water partition coefficient (Wildman–Crippen LogP) is 1.94. The average molecular weight is 183 g/mol. The average Bonchev–Trinajstić information content (AvgIpc) is 2.20. The van der Waals surface area contributed by atoms with E-state index in [9.17, 15) is 0 Å². The van der Waals surface area contributed by atoms with Gasteiger partial charge in [-0.05, 0) is 25.7 Å². The van der Waals surface area contributed by atoms with Crippen molar-refractivity contribution in [1.82, 2.24) is 5.32 Å². The second kappa shape index (κ2) is 4.43. The molecule has 2 rings (SSSR count). The molecule has 1 heterocycles. The molecule has 0 aromatic rings. The molecule has 0 bridgehead atoms. The molecule has 1 saturated heterocycles. The van der Waals surface area contributed by atoms with Crippen molar-refractivity contribution in [3.8, 4) is 0 Å². The summed E-state index contributed by atoms with van der Waals surface area (Å²) in [6.45, 7) is 4.17. The molecule has 2 heteroatoms. The molecule has 0 amide bonds. The first-order valence-corrected chi connectivity index (χ1v) is 5.71. The van der Waals surface area contributed by atoms with Crippen molar-refractivity contribution in [3.05, 3.63) is 0 Å². The van der Waals surface area contributed by atoms with Crippen LogP contribution in [0.5, 0.6) is 0 Å². The van der Waals surface area contributed by atoms with Crippen LogP contribution < -0.4 is 5.32 Å². The summed E-state index contributed by atoms with van der Waals surface area (Å²) in [6.07, 6.45) is 7.56. The molecule has 2 unspecified atom stereocenters. The molecular weight excluding hydrogens is 162 g/mol. The van der Waals surface area contributed by atoms with Crippen molar-refractivity contribution in [2.45, 2.75) is 51.2 Å². The third kappa shape index (κ3) is 2.44. The summed E-state index contributed by atoms with van der Waals surface area (Å²) in [5.74, 6) is 0.841. The summed E-state index contributed by atoms with van der Waals surface area (Å²) in [5, 5.41) is 3.50. The number of hydrogen-bond donors (Lipinski definition) is 1. The molecule has 1 saturated carbocycles. The Morgan fingerprint density at radius 2 is 1.92 bits per heavy atom. The van der Waals surface area contributed by atoms with Gasteiger partial charge in [0.05, 0.1) is 12.7 Å². The second-order valence-corrected chi connectivity index (χ2v) is 4.58. The van der Waals surface area contributed by atoms with E-state index >= 15 is 0 Å². The molecule has 2 aliphatic rings. The Labute approximate surface area is 81.0 Å². The molecule has 2 nitrogen and oxygen atoms in total. The first-order valence-electron chi connectivity index (χ1n) is 5.71. The van der Waals surface area contributed by atoms with E-state index in [1.54, 1.807) is 0 Å². The van der Waals surface area contributed by atoms with Crippen molar-refractivity contribution in [2.24, 2.45) is 5.92 Å². The van der Waals surface area contributed by atoms with Crippen LogP contribution in [0.1, 0.15) is 39.0 Å². The van der Waals surface area contributed by atoms with Gasteiger partial charge in [0.1, 0.15) is 0 Å². The molecule has 0 aromatic carbocycles. The maximum absolute atomic E-state index is 5.87. The van der Waals surface area contributed by atoms with Gasteiger partial charge in [-0.2, -0.15) is 0 Å². The van der Waals surface area contributed by atoms with Gasteiger partial charge in [0.15, 0.2) is 0 Å². The second-order valence-electron chi connectivity index (χ2n) is 4.58. The van der Waals surface area contributed by atoms with E-state index in [2.05, 4.69) is 12.2 Å². The minimum Gasteiger partial charge on any atom is -0.375 e. The van der Waals surface area contributed by atoms with Gasteiger partial charge >= 0.3 is 0 Å². The summed E-state index contributed by atoms with van der Waals surface area (Å²) in [7, 11) is 0. The van der Waals surface area contributed by atoms with Gasteiger partial charge in [-0.3, -0.25) is 0 Å². The predicted molar refractivity (Wildman–Crippen MR) is 53.8 cm³/mol. The summed E-state index contributed by atoms with van der Waals surface area (Å²) >= 11 is 0. The monoisotopic (exact) mass is 183 g/mol. The lowest BCUT2D eigenvalue weighted by Gasteiger charge is -2.35. The maximum atomic E-state index is 5.87. The number of rotatable bonds is 1. The summed E-state index contributed by atoms with van der Waals surface area (Å²) in [5.41, 5.74) is 0. The van der Waals surface area contributed by atoms with Gasteiger partial charge in [0.2, 0.25) is 0 Å². The molecule has 2 fully saturated rings. The molecule has 1 N–H and O–H groups in total. The van der Waals surface area contributed by atoms with Crippen LogP contribution in [0.3, 0.4) is 0 Å². The minimum absolute atomic E-state index is 0.511. The van der Waals surface area contributed by atoms with Crippen molar-refractivity contribution < 1.29 is 4.74 Å². The fourth-order valence-electron chi connectivity index (χ4n) is 2.51. The number of morpholine rings is 1. The van der Waals surface area contributed by atoms with E-state index in [1.165, 1.54) is 32.1 Å². The van der Waals surface area contributed by atoms with E-state index in [4.69, 9.17) is 4.74 Å². The molecule has 0 spiro atoms. The Morgan fingerprint density at radius 1 is 1.15 bits per heavy atom. The molecule has 76 valence electrons. The Hall–Kier alpha value is -0.0800. The summed E-state index contributed by atoms with van der Waals surface area (Å²) in [4.78, 5) is 0. The molecule has 2 atom stereocenters. The van der Waals surface area contributed by atoms with Crippen LogP contribution >= 0.6 is 0 Å². The maximum Gasteiger partial charge on any atom is 0.0728 e. The van der Waals surface area contributed by atoms with Crippen molar-refractivity contribution in [2.75, 3.05) is 13.2 Å². The van der Waals surface area contributed by atoms with Gasteiger partial charge in [0, 0.05) is 12.6 Å². The normalized spacial score (nSPS) is 37.6. The smallest absolute Gasteiger partial charge is 0.0728 e. The third-order valence-electron chi connectivity index (χ3n) is 3.40. The van der Waals surface area contributed by atoms with Crippen LogP contribution in [-0.4, -0.2) is 25.3 Å². The zero-order chi connectivity index (χ0) is 9.10. The third-order valence-corrected chi connectivity index (χ3v) is 3.40. The zero-order valence-corrected chi connectivity index (χ0v) is 8.59. The molecule has 1 aliphatic carbocycles. The van der Waals surface area contributed by atoms with Gasteiger partial charge in [-0.25, -0.2) is 0 Å². The lowest BCUT2D eigenvalue weighted by atomic mass is 9.84. The first kappa shape index (κ1) is 9.47. The highest BCUT2D eigenvalue weighted by Gasteiger charge is 2.27. The topological polar surface area (TPSA) is 21.3 Å². The highest BCUT2D eigenvalue weighted by Crippen LogP contribution is 2.28. The Morgan fingerprint density at radius 3 is 2.54 bits per heavy atom. The van der Waals surface area contributed by atoms with Crippen LogP contribution in [0.2, 0.25) is 0 Å². The Kier molecular flexibility index (Phi) is 3.23. The molecule has 0 radical (unpaired) electrons. The lowest BCUT2D eigenvalue weighted by Crippen LogP contribution is -2.47. The zero-order valence-electron chi connectivity index (χ0n) is 8.59. The largest absolute Gasteiger partial charge is 0.375 e. The van der Waals surface area contributed by atoms with Gasteiger partial charge in [-0.1, -0.05) is 19.3 Å². The van der Waals surface area contributed by atoms with Gasteiger partial charge < -0.3 is 10.1 Å². The Balaban J connectivity index is 1.79. The van der Waals surface area contributed by atoms with Crippen molar-refractivity contribution >= 4 is 0 Å². The van der Waals surface area contributed by atoms with Crippen molar-refractivity contribution in [3.63, 3.8) is 0 Å². The van der Waals surface area contributed by atoms with Crippen LogP contribution in [0.25, 0.3) is 0 Å². The van der Waals surface area contributed by atoms with Crippen LogP contribution in [0.15, 0.2) is 0 Å². The molecule has 1 aliphatic heterocycles. The van der Waals surface area contributed by atoms with Gasteiger partial charge in [-0.15, -0.1) is 0 Å². The Bertz CT molecular complexity index is 146. The summed E-state index contributed by atoms with van der Waals surface area (Å²) < 4.78 is 5.87. The molecular formula is C11H21NO. The minimum atomic E-state index is 0.511. The van der Waals surface area contributed by atoms with Crippen LogP contribution in [0, 0.1) is 5.92 Å². The van der Waals surface area contributed by atoms with Gasteiger partial charge in [0.25, 0.3) is 0 Å². The van der Waals surface area contributed by atoms with E-state index in [0.717, 1.165) is 19.1 Å². The van der Waals surface area contributed by atoms with E-state index < -0.39 is 0 Å². The van der Waals surface area contributed by atoms with E-state index in [1.807, 2.05) is 0 Å². The lowest BCUT2D eigenvalue weighted by molar-refractivity contribution is -0.0347. The van der Waals surface area contributed by atoms with E-state index in [-0.39, 0.29) is 0 Å². The highest BCUT2D eigenvalue weighted by atomic mass is 16.5. The quantitative estimate of drug-likeness (QED) is 0.671. The fourth-order valence-corrected chi connectivity index (χ4v) is 2.51. The number of hydrogen-bond acceptors (Lipinski definition) is 2. The van der Waals surface area contributed by atoms with Crippen molar-refractivity contribution in [1.29, 1.82) is 0 Å². The summed E-state index contributed by atoms with van der Waals surface area (Å²) in [6, 6.07) is 0.555. The number of nitrogens with one attached hydrogen (secondary N) is 1. The fraction of sp³-hybridized carbons (Fsp3) is 1.00. The molecule has 13 heavy (non-hydrogen) atoms. The first-order chi connectivity index (χ1) is 6.36. The van der Waals surface area contributed by atoms with E-state index in [0.29, 0.717) is 12.1 Å². The highest BCUT2D eigenvalue weighted by molar-refractivity contribution is 4.80.